The number of rotatable bonds is 4. The van der Waals surface area contributed by atoms with Gasteiger partial charge in [0.2, 0.25) is 0 Å². The first-order valence-electron chi connectivity index (χ1n) is 6.98. The normalized spacial score (nSPS) is 20.2. The van der Waals surface area contributed by atoms with E-state index in [2.05, 4.69) is 47.1 Å². The Hall–Kier alpha value is -0.670. The minimum Gasteiger partial charge on any atom is -0.370 e. The van der Waals surface area contributed by atoms with E-state index in [9.17, 15) is 0 Å². The molecule has 1 aliphatic heterocycles. The molecule has 1 heterocycles. The number of hydrogen-bond donors (Lipinski definition) is 1. The van der Waals surface area contributed by atoms with Crippen LogP contribution in [-0.4, -0.2) is 30.6 Å². The van der Waals surface area contributed by atoms with Gasteiger partial charge in [0.05, 0.1) is 0 Å². The number of thioether (sulfide) groups is 1. The van der Waals surface area contributed by atoms with Gasteiger partial charge in [0, 0.05) is 42.9 Å². The summed E-state index contributed by atoms with van der Waals surface area (Å²) in [6.07, 6.45) is 2.73. The number of hydrogen-bond acceptors (Lipinski definition) is 3. The lowest BCUT2D eigenvalue weighted by Gasteiger charge is -2.30. The lowest BCUT2D eigenvalue weighted by atomic mass is 10.1. The van der Waals surface area contributed by atoms with E-state index in [0.29, 0.717) is 0 Å². The third-order valence-electron chi connectivity index (χ3n) is 3.79. The second kappa shape index (κ2) is 5.54. The van der Waals surface area contributed by atoms with E-state index in [0.717, 1.165) is 12.6 Å². The minimum absolute atomic E-state index is 0.795. The van der Waals surface area contributed by atoms with Crippen LogP contribution in [0, 0.1) is 6.92 Å². The van der Waals surface area contributed by atoms with Gasteiger partial charge in [-0.15, -0.1) is 0 Å². The average Bonchev–Trinajstić information content (AvgIpc) is 3.21. The van der Waals surface area contributed by atoms with Crippen LogP contribution >= 0.6 is 11.8 Å². The van der Waals surface area contributed by atoms with Gasteiger partial charge in [-0.05, 0) is 37.0 Å². The van der Waals surface area contributed by atoms with E-state index < -0.39 is 0 Å². The lowest BCUT2D eigenvalue weighted by Crippen LogP contribution is -2.32. The van der Waals surface area contributed by atoms with Gasteiger partial charge in [0.1, 0.15) is 0 Å². The topological polar surface area (TPSA) is 15.3 Å². The van der Waals surface area contributed by atoms with Crippen LogP contribution in [-0.2, 0) is 6.54 Å². The van der Waals surface area contributed by atoms with E-state index in [-0.39, 0.29) is 0 Å². The van der Waals surface area contributed by atoms with Crippen LogP contribution in [0.1, 0.15) is 24.0 Å². The second-order valence-electron chi connectivity index (χ2n) is 5.38. The Morgan fingerprint density at radius 1 is 1.28 bits per heavy atom. The van der Waals surface area contributed by atoms with Crippen molar-refractivity contribution in [2.24, 2.45) is 0 Å². The maximum Gasteiger partial charge on any atom is 0.0396 e. The SMILES string of the molecule is Cc1cc(CNC2CC2)ccc1N1CCSCC1. The predicted octanol–water partition coefficient (Wildman–Crippen LogP) is 2.80. The van der Waals surface area contributed by atoms with E-state index in [1.165, 1.54) is 54.3 Å². The van der Waals surface area contributed by atoms with E-state index in [4.69, 9.17) is 0 Å². The summed E-state index contributed by atoms with van der Waals surface area (Å²) in [5.41, 5.74) is 4.29. The molecular formula is C15H22N2S. The average molecular weight is 262 g/mol. The Labute approximate surface area is 114 Å². The summed E-state index contributed by atoms with van der Waals surface area (Å²) in [5.74, 6) is 2.54. The van der Waals surface area contributed by atoms with Crippen LogP contribution < -0.4 is 10.2 Å². The van der Waals surface area contributed by atoms with Gasteiger partial charge in [0.15, 0.2) is 0 Å². The number of nitrogens with zero attached hydrogens (tertiary/aromatic N) is 1. The fourth-order valence-electron chi connectivity index (χ4n) is 2.54. The zero-order valence-corrected chi connectivity index (χ0v) is 11.9. The molecule has 0 unspecified atom stereocenters. The number of aryl methyl sites for hydroxylation is 1. The molecule has 3 heteroatoms. The zero-order chi connectivity index (χ0) is 12.4. The smallest absolute Gasteiger partial charge is 0.0396 e. The van der Waals surface area contributed by atoms with Gasteiger partial charge in [-0.25, -0.2) is 0 Å². The second-order valence-corrected chi connectivity index (χ2v) is 6.60. The van der Waals surface area contributed by atoms with Gasteiger partial charge in [0.25, 0.3) is 0 Å². The molecular weight excluding hydrogens is 240 g/mol. The van der Waals surface area contributed by atoms with Crippen molar-refractivity contribution in [3.8, 4) is 0 Å². The van der Waals surface area contributed by atoms with Crippen molar-refractivity contribution in [3.63, 3.8) is 0 Å². The molecule has 0 spiro atoms. The van der Waals surface area contributed by atoms with Crippen molar-refractivity contribution in [2.45, 2.75) is 32.4 Å². The Kier molecular flexibility index (Phi) is 3.80. The Morgan fingerprint density at radius 3 is 2.72 bits per heavy atom. The molecule has 0 radical (unpaired) electrons. The first-order chi connectivity index (χ1) is 8.83. The molecule has 1 aliphatic carbocycles. The summed E-state index contributed by atoms with van der Waals surface area (Å²) < 4.78 is 0. The van der Waals surface area contributed by atoms with Crippen LogP contribution in [0.2, 0.25) is 0 Å². The molecule has 0 aromatic heterocycles. The Morgan fingerprint density at radius 2 is 2.06 bits per heavy atom. The molecule has 2 fully saturated rings. The van der Waals surface area contributed by atoms with E-state index >= 15 is 0 Å². The molecule has 0 bridgehead atoms. The maximum absolute atomic E-state index is 3.58. The summed E-state index contributed by atoms with van der Waals surface area (Å²) in [5, 5.41) is 3.58. The fourth-order valence-corrected chi connectivity index (χ4v) is 3.44. The van der Waals surface area contributed by atoms with Crippen molar-refractivity contribution in [2.75, 3.05) is 29.5 Å². The summed E-state index contributed by atoms with van der Waals surface area (Å²) in [6, 6.07) is 7.75. The van der Waals surface area contributed by atoms with Crippen LogP contribution in [0.25, 0.3) is 0 Å². The van der Waals surface area contributed by atoms with Crippen molar-refractivity contribution in [1.29, 1.82) is 0 Å². The summed E-state index contributed by atoms with van der Waals surface area (Å²) in [4.78, 5) is 2.53. The summed E-state index contributed by atoms with van der Waals surface area (Å²) in [7, 11) is 0. The minimum atomic E-state index is 0.795. The predicted molar refractivity (Wildman–Crippen MR) is 80.6 cm³/mol. The summed E-state index contributed by atoms with van der Waals surface area (Å²) >= 11 is 2.07. The third-order valence-corrected chi connectivity index (χ3v) is 4.73. The van der Waals surface area contributed by atoms with Gasteiger partial charge < -0.3 is 10.2 Å². The fraction of sp³-hybridized carbons (Fsp3) is 0.600. The van der Waals surface area contributed by atoms with Crippen LogP contribution in [0.5, 0.6) is 0 Å². The van der Waals surface area contributed by atoms with Crippen LogP contribution in [0.15, 0.2) is 18.2 Å². The molecule has 3 rings (SSSR count). The first kappa shape index (κ1) is 12.4. The molecule has 1 aromatic carbocycles. The van der Waals surface area contributed by atoms with Gasteiger partial charge >= 0.3 is 0 Å². The molecule has 1 aromatic rings. The molecule has 2 nitrogen and oxygen atoms in total. The quantitative estimate of drug-likeness (QED) is 0.898. The van der Waals surface area contributed by atoms with Crippen molar-refractivity contribution in [1.82, 2.24) is 5.32 Å². The third kappa shape index (κ3) is 3.01. The standard InChI is InChI=1S/C15H22N2S/c1-12-10-13(11-16-14-3-4-14)2-5-15(12)17-6-8-18-9-7-17/h2,5,10,14,16H,3-4,6-9,11H2,1H3. The molecule has 0 atom stereocenters. The maximum atomic E-state index is 3.58. The summed E-state index contributed by atoms with van der Waals surface area (Å²) in [6.45, 7) is 5.68. The Balaban J connectivity index is 1.66. The molecule has 18 heavy (non-hydrogen) atoms. The van der Waals surface area contributed by atoms with Crippen molar-refractivity contribution in [3.05, 3.63) is 29.3 Å². The number of anilines is 1. The monoisotopic (exact) mass is 262 g/mol. The highest BCUT2D eigenvalue weighted by Crippen LogP contribution is 2.25. The first-order valence-corrected chi connectivity index (χ1v) is 8.14. The van der Waals surface area contributed by atoms with Crippen LogP contribution in [0.4, 0.5) is 5.69 Å². The molecule has 1 saturated carbocycles. The molecule has 98 valence electrons. The highest BCUT2D eigenvalue weighted by molar-refractivity contribution is 7.99. The van der Waals surface area contributed by atoms with Crippen molar-refractivity contribution < 1.29 is 0 Å². The van der Waals surface area contributed by atoms with Gasteiger partial charge in [-0.2, -0.15) is 11.8 Å². The van der Waals surface area contributed by atoms with E-state index in [1.807, 2.05) is 0 Å². The van der Waals surface area contributed by atoms with Gasteiger partial charge in [-0.3, -0.25) is 0 Å². The van der Waals surface area contributed by atoms with Crippen LogP contribution in [0.3, 0.4) is 0 Å². The van der Waals surface area contributed by atoms with E-state index in [1.54, 1.807) is 0 Å². The number of benzene rings is 1. The van der Waals surface area contributed by atoms with Gasteiger partial charge in [-0.1, -0.05) is 12.1 Å². The highest BCUT2D eigenvalue weighted by Gasteiger charge is 2.20. The molecule has 0 amide bonds. The lowest BCUT2D eigenvalue weighted by molar-refractivity contribution is 0.687. The highest BCUT2D eigenvalue weighted by atomic mass is 32.2. The molecule has 1 saturated heterocycles. The largest absolute Gasteiger partial charge is 0.370 e. The molecule has 1 N–H and O–H groups in total. The Bertz CT molecular complexity index is 409. The van der Waals surface area contributed by atoms with Crippen molar-refractivity contribution >= 4 is 17.4 Å². The number of nitrogens with one attached hydrogen (secondary N) is 1. The molecule has 2 aliphatic rings. The zero-order valence-electron chi connectivity index (χ0n) is 11.1.